The molecule has 5 nitrogen and oxygen atoms in total. The summed E-state index contributed by atoms with van der Waals surface area (Å²) < 4.78 is 10.7. The van der Waals surface area contributed by atoms with Gasteiger partial charge in [0.15, 0.2) is 6.10 Å². The monoisotopic (exact) mass is 1070 g/mol. The van der Waals surface area contributed by atoms with Crippen LogP contribution in [0.3, 0.4) is 0 Å². The predicted octanol–water partition coefficient (Wildman–Crippen LogP) is 23.0. The normalized spacial score (nSPS) is 12.8. The second-order valence-electron chi connectivity index (χ2n) is 22.2. The van der Waals surface area contributed by atoms with Gasteiger partial charge in [-0.25, -0.2) is 0 Å². The Hall–Kier alpha value is -3.18. The van der Waals surface area contributed by atoms with Crippen molar-refractivity contribution in [1.82, 2.24) is 0 Å². The summed E-state index contributed by atoms with van der Waals surface area (Å²) in [5, 5.41) is 9.69. The van der Waals surface area contributed by atoms with E-state index in [0.717, 1.165) is 96.3 Å². The maximum absolute atomic E-state index is 12.3. The summed E-state index contributed by atoms with van der Waals surface area (Å²) >= 11 is 0. The molecule has 0 heterocycles. The van der Waals surface area contributed by atoms with Gasteiger partial charge in [0.2, 0.25) is 0 Å². The van der Waals surface area contributed by atoms with Gasteiger partial charge in [0, 0.05) is 12.8 Å². The van der Waals surface area contributed by atoms with Gasteiger partial charge in [-0.1, -0.05) is 336 Å². The number of allylic oxidation sites excluding steroid dienone is 16. The van der Waals surface area contributed by atoms with Gasteiger partial charge in [-0.3, -0.25) is 9.59 Å². The molecule has 0 aliphatic carbocycles. The lowest BCUT2D eigenvalue weighted by molar-refractivity contribution is -0.161. The molecule has 1 atom stereocenters. The smallest absolute Gasteiger partial charge is 0.306 e. The highest BCUT2D eigenvalue weighted by atomic mass is 16.6. The fourth-order valence-electron chi connectivity index (χ4n) is 9.69. The molecule has 0 aromatic rings. The maximum atomic E-state index is 12.3. The zero-order chi connectivity index (χ0) is 55.5. The van der Waals surface area contributed by atoms with Gasteiger partial charge in [-0.15, -0.1) is 0 Å². The lowest BCUT2D eigenvalue weighted by Gasteiger charge is -2.15. The first-order valence-electron chi connectivity index (χ1n) is 33.3. The van der Waals surface area contributed by atoms with Gasteiger partial charge in [0.05, 0.1) is 6.61 Å². The third-order valence-electron chi connectivity index (χ3n) is 14.6. The van der Waals surface area contributed by atoms with Crippen LogP contribution in [0.25, 0.3) is 0 Å². The Kier molecular flexibility index (Phi) is 64.3. The van der Waals surface area contributed by atoms with Crippen LogP contribution in [0.5, 0.6) is 0 Å². The van der Waals surface area contributed by atoms with Crippen LogP contribution in [-0.4, -0.2) is 36.4 Å². The first-order valence-corrected chi connectivity index (χ1v) is 33.3. The minimum Gasteiger partial charge on any atom is -0.462 e. The van der Waals surface area contributed by atoms with Crippen molar-refractivity contribution >= 4 is 11.9 Å². The average molecular weight is 1070 g/mol. The number of hydrogen-bond acceptors (Lipinski definition) is 5. The van der Waals surface area contributed by atoms with Crippen LogP contribution in [0.2, 0.25) is 0 Å². The maximum Gasteiger partial charge on any atom is 0.306 e. The Morgan fingerprint density at radius 2 is 0.558 bits per heavy atom. The van der Waals surface area contributed by atoms with Gasteiger partial charge < -0.3 is 14.6 Å². The van der Waals surface area contributed by atoms with E-state index >= 15 is 0 Å². The fourth-order valence-corrected chi connectivity index (χ4v) is 9.69. The molecule has 0 spiro atoms. The Morgan fingerprint density at radius 1 is 0.312 bits per heavy atom. The number of ether oxygens (including phenoxy) is 2. The quantitative estimate of drug-likeness (QED) is 0.0373. The zero-order valence-corrected chi connectivity index (χ0v) is 51.0. The van der Waals surface area contributed by atoms with Gasteiger partial charge in [0.1, 0.15) is 6.61 Å². The second-order valence-corrected chi connectivity index (χ2v) is 22.2. The molecule has 444 valence electrons. The summed E-state index contributed by atoms with van der Waals surface area (Å²) in [6.07, 6.45) is 95.7. The van der Waals surface area contributed by atoms with E-state index in [1.165, 1.54) is 205 Å². The highest BCUT2D eigenvalue weighted by Crippen LogP contribution is 2.18. The van der Waals surface area contributed by atoms with Crippen LogP contribution >= 0.6 is 0 Å². The average Bonchev–Trinajstić information content (AvgIpc) is 3.43. The second kappa shape index (κ2) is 67.1. The molecule has 0 amide bonds. The molecular weight excluding hydrogens is 945 g/mol. The van der Waals surface area contributed by atoms with E-state index in [-0.39, 0.29) is 25.2 Å². The Balaban J connectivity index is 3.50. The molecule has 1 unspecified atom stereocenters. The molecule has 0 aromatic heterocycles. The van der Waals surface area contributed by atoms with Crippen molar-refractivity contribution in [3.63, 3.8) is 0 Å². The summed E-state index contributed by atoms with van der Waals surface area (Å²) in [5.74, 6) is -0.599. The van der Waals surface area contributed by atoms with E-state index in [0.29, 0.717) is 12.8 Å². The van der Waals surface area contributed by atoms with Crippen molar-refractivity contribution < 1.29 is 24.2 Å². The summed E-state index contributed by atoms with van der Waals surface area (Å²) in [7, 11) is 0. The van der Waals surface area contributed by atoms with E-state index in [9.17, 15) is 14.7 Å². The number of esters is 2. The molecule has 0 saturated heterocycles. The van der Waals surface area contributed by atoms with E-state index in [2.05, 4.69) is 111 Å². The van der Waals surface area contributed by atoms with E-state index in [4.69, 9.17) is 9.47 Å². The summed E-state index contributed by atoms with van der Waals surface area (Å²) in [4.78, 5) is 24.6. The van der Waals surface area contributed by atoms with Crippen molar-refractivity contribution in [2.24, 2.45) is 0 Å². The van der Waals surface area contributed by atoms with Crippen LogP contribution in [0.15, 0.2) is 97.2 Å². The minimum absolute atomic E-state index is 0.0736. The topological polar surface area (TPSA) is 72.8 Å². The molecule has 0 saturated carbocycles. The minimum atomic E-state index is -0.786. The van der Waals surface area contributed by atoms with Crippen molar-refractivity contribution in [1.29, 1.82) is 0 Å². The number of hydrogen-bond donors (Lipinski definition) is 1. The highest BCUT2D eigenvalue weighted by molar-refractivity contribution is 5.70. The molecule has 0 fully saturated rings. The van der Waals surface area contributed by atoms with Crippen molar-refractivity contribution in [3.8, 4) is 0 Å². The van der Waals surface area contributed by atoms with E-state index in [1.807, 2.05) is 0 Å². The zero-order valence-electron chi connectivity index (χ0n) is 51.0. The third kappa shape index (κ3) is 65.2. The highest BCUT2D eigenvalue weighted by Gasteiger charge is 2.16. The molecule has 77 heavy (non-hydrogen) atoms. The largest absolute Gasteiger partial charge is 0.462 e. The van der Waals surface area contributed by atoms with Crippen LogP contribution in [0.1, 0.15) is 328 Å². The van der Waals surface area contributed by atoms with E-state index < -0.39 is 6.10 Å². The molecule has 0 aliphatic heterocycles. The SMILES string of the molecule is CC/C=C\C/C=C\C/C=C\C/C=C\C/C=C\C/C=C\C/C=C\C/C=C\CCCCCCCCC(=O)OC(CO)COC(=O)CCCCCCCCCCCCCCCCCCCCCCCCCCCCCCCCCC. The summed E-state index contributed by atoms with van der Waals surface area (Å²) in [6, 6.07) is 0. The lowest BCUT2D eigenvalue weighted by Crippen LogP contribution is -2.28. The van der Waals surface area contributed by atoms with Gasteiger partial charge in [-0.2, -0.15) is 0 Å². The van der Waals surface area contributed by atoms with Crippen molar-refractivity contribution in [2.75, 3.05) is 13.2 Å². The van der Waals surface area contributed by atoms with Crippen LogP contribution < -0.4 is 0 Å². The Labute approximate surface area is 478 Å². The Bertz CT molecular complexity index is 1450. The third-order valence-corrected chi connectivity index (χ3v) is 14.6. The predicted molar refractivity (Wildman–Crippen MR) is 339 cm³/mol. The number of rotatable bonds is 61. The van der Waals surface area contributed by atoms with Crippen LogP contribution in [0, 0.1) is 0 Å². The van der Waals surface area contributed by atoms with Crippen molar-refractivity contribution in [2.45, 2.75) is 335 Å². The van der Waals surface area contributed by atoms with Gasteiger partial charge in [-0.05, 0) is 77.0 Å². The molecule has 5 heteroatoms. The molecule has 0 radical (unpaired) electrons. The molecule has 1 N–H and O–H groups in total. The molecule has 0 aliphatic rings. The molecule has 0 bridgehead atoms. The number of carbonyl (C=O) groups excluding carboxylic acids is 2. The number of carbonyl (C=O) groups is 2. The van der Waals surface area contributed by atoms with Gasteiger partial charge in [0.25, 0.3) is 0 Å². The standard InChI is InChI=1S/C72H126O5/c1-3-5-7-9-11-13-15-17-19-21-23-25-27-29-31-33-35-37-38-40-42-44-46-48-50-52-54-56-58-60-62-64-66-71(74)76-69-70(68-73)77-72(75)67-65-63-61-59-57-55-53-51-49-47-45-43-41-39-36-34-32-30-28-26-24-22-20-18-16-14-12-10-8-6-4-2/h6,8,12,14,18,20,24,26,30,32,36,39,43,45,49,51,70,73H,3-5,7,9-11,13,15-17,19,21-23,25,27-29,31,33-35,37-38,40-42,44,46-48,50,52-69H2,1-2H3/b8-6-,14-12-,20-18-,26-24-,32-30-,39-36-,45-43-,51-49-. The summed E-state index contributed by atoms with van der Waals surface area (Å²) in [5.41, 5.74) is 0. The van der Waals surface area contributed by atoms with Crippen LogP contribution in [0.4, 0.5) is 0 Å². The van der Waals surface area contributed by atoms with Gasteiger partial charge >= 0.3 is 11.9 Å². The molecule has 0 rings (SSSR count). The van der Waals surface area contributed by atoms with E-state index in [1.54, 1.807) is 0 Å². The number of aliphatic hydroxyl groups is 1. The number of unbranched alkanes of at least 4 members (excludes halogenated alkanes) is 37. The lowest BCUT2D eigenvalue weighted by atomic mass is 10.0. The molecular formula is C72H126O5. The number of aliphatic hydroxyl groups excluding tert-OH is 1. The first-order chi connectivity index (χ1) is 38.1. The first kappa shape index (κ1) is 73.8. The van der Waals surface area contributed by atoms with Crippen molar-refractivity contribution in [3.05, 3.63) is 97.2 Å². The summed E-state index contributed by atoms with van der Waals surface area (Å²) in [6.45, 7) is 4.05. The molecule has 0 aromatic carbocycles. The fraction of sp³-hybridized carbons (Fsp3) is 0.750. The Morgan fingerprint density at radius 3 is 0.844 bits per heavy atom. The van der Waals surface area contributed by atoms with Crippen LogP contribution in [-0.2, 0) is 19.1 Å².